The van der Waals surface area contributed by atoms with Crippen molar-refractivity contribution in [3.63, 3.8) is 0 Å². The predicted octanol–water partition coefficient (Wildman–Crippen LogP) is 1.58. The number of nitrogens with zero attached hydrogens (tertiary/aromatic N) is 6. The number of amides is 1. The van der Waals surface area contributed by atoms with E-state index in [2.05, 4.69) is 21.4 Å². The van der Waals surface area contributed by atoms with Gasteiger partial charge in [-0.3, -0.25) is 14.5 Å². The highest BCUT2D eigenvalue weighted by Gasteiger charge is 2.24. The Bertz CT molecular complexity index is 1150. The van der Waals surface area contributed by atoms with Crippen molar-refractivity contribution in [1.82, 2.24) is 19.8 Å². The van der Waals surface area contributed by atoms with Crippen molar-refractivity contribution < 1.29 is 19.4 Å². The standard InChI is InChI=1S/C25H31N7O4/c1-30-9-10-32(24(34)15-30)14-17-7-8-23(28-20(17)16-33)31(2)25(35)29-22-11-21(18(12-26)13-27-22)36-19-5-3-4-6-19/h7-8,11,13,16,19,25,35H,3-6,9-10,14-15H2,1-2H3,(H,27,29). The van der Waals surface area contributed by atoms with E-state index in [0.717, 1.165) is 32.2 Å². The van der Waals surface area contributed by atoms with Crippen LogP contribution >= 0.6 is 0 Å². The Hall–Kier alpha value is -3.75. The van der Waals surface area contributed by atoms with E-state index >= 15 is 0 Å². The summed E-state index contributed by atoms with van der Waals surface area (Å²) in [6.45, 7) is 2.00. The molecular formula is C25H31N7O4. The molecule has 0 bridgehead atoms. The lowest BCUT2D eigenvalue weighted by molar-refractivity contribution is -0.136. The quantitative estimate of drug-likeness (QED) is 0.391. The van der Waals surface area contributed by atoms with Crippen molar-refractivity contribution in [3.05, 3.63) is 41.2 Å². The van der Waals surface area contributed by atoms with Gasteiger partial charge < -0.3 is 25.0 Å². The number of aldehydes is 1. The lowest BCUT2D eigenvalue weighted by Gasteiger charge is -2.32. The fourth-order valence-corrected chi connectivity index (χ4v) is 4.36. The Labute approximate surface area is 210 Å². The first-order valence-electron chi connectivity index (χ1n) is 12.0. The van der Waals surface area contributed by atoms with Gasteiger partial charge in [-0.05, 0) is 38.8 Å². The molecule has 1 aliphatic heterocycles. The summed E-state index contributed by atoms with van der Waals surface area (Å²) >= 11 is 0. The third-order valence-corrected chi connectivity index (χ3v) is 6.57. The fourth-order valence-electron chi connectivity index (χ4n) is 4.36. The monoisotopic (exact) mass is 493 g/mol. The highest BCUT2D eigenvalue weighted by atomic mass is 16.5. The highest BCUT2D eigenvalue weighted by molar-refractivity contribution is 5.80. The van der Waals surface area contributed by atoms with Crippen LogP contribution in [0.2, 0.25) is 0 Å². The average molecular weight is 494 g/mol. The maximum atomic E-state index is 12.3. The van der Waals surface area contributed by atoms with E-state index in [9.17, 15) is 20.0 Å². The van der Waals surface area contributed by atoms with Crippen molar-refractivity contribution in [3.8, 4) is 11.8 Å². The molecule has 1 atom stereocenters. The first kappa shape index (κ1) is 25.3. The van der Waals surface area contributed by atoms with Gasteiger partial charge in [0, 0.05) is 38.3 Å². The van der Waals surface area contributed by atoms with Crippen LogP contribution in [-0.2, 0) is 11.3 Å². The highest BCUT2D eigenvalue weighted by Crippen LogP contribution is 2.28. The number of aromatic nitrogens is 2. The van der Waals surface area contributed by atoms with Crippen molar-refractivity contribution >= 4 is 23.8 Å². The molecule has 1 saturated heterocycles. The van der Waals surface area contributed by atoms with Crippen LogP contribution in [0.15, 0.2) is 24.4 Å². The SMILES string of the molecule is CN1CCN(Cc2ccc(N(C)C(O)Nc3cc(OC4CCCC4)c(C#N)cn3)nc2C=O)C(=O)C1. The first-order valence-corrected chi connectivity index (χ1v) is 12.0. The van der Waals surface area contributed by atoms with Gasteiger partial charge in [-0.15, -0.1) is 0 Å². The zero-order valence-corrected chi connectivity index (χ0v) is 20.6. The number of nitrogens with one attached hydrogen (secondary N) is 1. The molecule has 0 aromatic carbocycles. The van der Waals surface area contributed by atoms with Crippen molar-refractivity contribution in [2.24, 2.45) is 0 Å². The third-order valence-electron chi connectivity index (χ3n) is 6.57. The number of rotatable bonds is 9. The predicted molar refractivity (Wildman–Crippen MR) is 132 cm³/mol. The van der Waals surface area contributed by atoms with E-state index in [1.807, 2.05) is 11.9 Å². The second-order valence-electron chi connectivity index (χ2n) is 9.22. The Balaban J connectivity index is 1.44. The van der Waals surface area contributed by atoms with E-state index in [1.165, 1.54) is 11.1 Å². The second-order valence-corrected chi connectivity index (χ2v) is 9.22. The van der Waals surface area contributed by atoms with Crippen LogP contribution in [-0.4, -0.2) is 83.3 Å². The molecule has 190 valence electrons. The third kappa shape index (κ3) is 5.90. The van der Waals surface area contributed by atoms with Crippen LogP contribution in [0, 0.1) is 11.3 Å². The molecule has 1 amide bonds. The number of aliphatic hydroxyl groups excluding tert-OH is 1. The zero-order valence-electron chi connectivity index (χ0n) is 20.6. The van der Waals surface area contributed by atoms with Crippen LogP contribution in [0.5, 0.6) is 5.75 Å². The largest absolute Gasteiger partial charge is 0.489 e. The topological polar surface area (TPSA) is 135 Å². The normalized spacial score (nSPS) is 17.5. The molecule has 0 radical (unpaired) electrons. The molecule has 11 nitrogen and oxygen atoms in total. The summed E-state index contributed by atoms with van der Waals surface area (Å²) in [5.74, 6) is 1.14. The van der Waals surface area contributed by atoms with E-state index in [0.29, 0.717) is 54.4 Å². The van der Waals surface area contributed by atoms with Crippen molar-refractivity contribution in [1.29, 1.82) is 5.26 Å². The molecule has 3 heterocycles. The Morgan fingerprint density at radius 2 is 2.14 bits per heavy atom. The van der Waals surface area contributed by atoms with Gasteiger partial charge in [-0.1, -0.05) is 6.07 Å². The van der Waals surface area contributed by atoms with Gasteiger partial charge in [0.25, 0.3) is 0 Å². The second kappa shape index (κ2) is 11.3. The van der Waals surface area contributed by atoms with Crippen molar-refractivity contribution in [2.75, 3.05) is 43.9 Å². The van der Waals surface area contributed by atoms with Gasteiger partial charge in [-0.25, -0.2) is 9.97 Å². The number of ether oxygens (including phenoxy) is 1. The molecule has 0 spiro atoms. The number of carbonyl (C=O) groups excluding carboxylic acids is 2. The molecule has 2 aliphatic rings. The molecular weight excluding hydrogens is 462 g/mol. The number of aliphatic hydroxyl groups is 1. The number of hydrogen-bond donors (Lipinski definition) is 2. The number of carbonyl (C=O) groups is 2. The van der Waals surface area contributed by atoms with Crippen LogP contribution in [0.1, 0.15) is 47.3 Å². The van der Waals surface area contributed by atoms with Crippen LogP contribution in [0.4, 0.5) is 11.6 Å². The lowest BCUT2D eigenvalue weighted by Crippen LogP contribution is -2.48. The fraction of sp³-hybridized carbons (Fsp3) is 0.480. The molecule has 2 fully saturated rings. The Morgan fingerprint density at radius 3 is 2.83 bits per heavy atom. The number of piperazine rings is 1. The lowest BCUT2D eigenvalue weighted by atomic mass is 10.1. The Kier molecular flexibility index (Phi) is 7.97. The summed E-state index contributed by atoms with van der Waals surface area (Å²) in [6, 6.07) is 7.13. The zero-order chi connectivity index (χ0) is 25.7. The smallest absolute Gasteiger partial charge is 0.237 e. The number of likely N-dealkylation sites (N-methyl/N-ethyl adjacent to an activating group) is 1. The van der Waals surface area contributed by atoms with E-state index in [1.54, 1.807) is 30.1 Å². The van der Waals surface area contributed by atoms with E-state index in [-0.39, 0.29) is 17.7 Å². The summed E-state index contributed by atoms with van der Waals surface area (Å²) < 4.78 is 6.00. The maximum Gasteiger partial charge on any atom is 0.237 e. The molecule has 1 unspecified atom stereocenters. The number of anilines is 2. The van der Waals surface area contributed by atoms with Gasteiger partial charge in [0.15, 0.2) is 6.29 Å². The molecule has 11 heteroatoms. The summed E-state index contributed by atoms with van der Waals surface area (Å²) in [4.78, 5) is 37.8. The van der Waals surface area contributed by atoms with E-state index < -0.39 is 6.35 Å². The minimum Gasteiger partial charge on any atom is -0.489 e. The minimum atomic E-state index is -1.22. The summed E-state index contributed by atoms with van der Waals surface area (Å²) in [5, 5.41) is 23.0. The molecule has 2 aromatic heterocycles. The summed E-state index contributed by atoms with van der Waals surface area (Å²) in [6.07, 6.45) is 5.03. The molecule has 1 saturated carbocycles. The number of hydrogen-bond acceptors (Lipinski definition) is 10. The molecule has 36 heavy (non-hydrogen) atoms. The first-order chi connectivity index (χ1) is 17.4. The van der Waals surface area contributed by atoms with Gasteiger partial charge in [0.1, 0.15) is 34.7 Å². The van der Waals surface area contributed by atoms with Gasteiger partial charge in [0.05, 0.1) is 18.8 Å². The van der Waals surface area contributed by atoms with Crippen LogP contribution < -0.4 is 15.0 Å². The molecule has 2 N–H and O–H groups in total. The van der Waals surface area contributed by atoms with Gasteiger partial charge in [0.2, 0.25) is 12.3 Å². The molecule has 4 rings (SSSR count). The van der Waals surface area contributed by atoms with Gasteiger partial charge in [-0.2, -0.15) is 5.26 Å². The summed E-state index contributed by atoms with van der Waals surface area (Å²) in [7, 11) is 3.52. The summed E-state index contributed by atoms with van der Waals surface area (Å²) in [5.41, 5.74) is 1.19. The minimum absolute atomic E-state index is 0.00705. The number of pyridine rings is 2. The number of nitriles is 1. The Morgan fingerprint density at radius 1 is 1.36 bits per heavy atom. The molecule has 1 aliphatic carbocycles. The van der Waals surface area contributed by atoms with E-state index in [4.69, 9.17) is 4.74 Å². The van der Waals surface area contributed by atoms with Crippen LogP contribution in [0.3, 0.4) is 0 Å². The van der Waals surface area contributed by atoms with Crippen molar-refractivity contribution in [2.45, 2.75) is 44.7 Å². The molecule has 2 aromatic rings. The van der Waals surface area contributed by atoms with Crippen LogP contribution in [0.25, 0.3) is 0 Å². The average Bonchev–Trinajstić information content (AvgIpc) is 3.38. The maximum absolute atomic E-state index is 12.3. The van der Waals surface area contributed by atoms with Gasteiger partial charge >= 0.3 is 0 Å².